The summed E-state index contributed by atoms with van der Waals surface area (Å²) in [5.74, 6) is -3.20. The van der Waals surface area contributed by atoms with Gasteiger partial charge in [-0.05, 0) is 62.9 Å². The first-order chi connectivity index (χ1) is 18.5. The van der Waals surface area contributed by atoms with Gasteiger partial charge in [-0.15, -0.1) is 0 Å². The van der Waals surface area contributed by atoms with Crippen LogP contribution in [0.1, 0.15) is 61.1 Å². The lowest BCUT2D eigenvalue weighted by atomic mass is 9.89. The number of ketones is 2. The van der Waals surface area contributed by atoms with Crippen LogP contribution in [0.2, 0.25) is 0 Å². The molecule has 2 atom stereocenters. The molecule has 1 N–H and O–H groups in total. The van der Waals surface area contributed by atoms with Crippen LogP contribution >= 0.6 is 0 Å². The largest absolute Gasteiger partial charge is 0.442 e. The van der Waals surface area contributed by atoms with Gasteiger partial charge in [-0.1, -0.05) is 0 Å². The van der Waals surface area contributed by atoms with E-state index in [1.54, 1.807) is 48.6 Å². The Morgan fingerprint density at radius 1 is 1.05 bits per heavy atom. The summed E-state index contributed by atoms with van der Waals surface area (Å²) in [4.78, 5) is 52.7. The third-order valence-corrected chi connectivity index (χ3v) is 7.36. The highest BCUT2D eigenvalue weighted by Gasteiger charge is 2.37. The van der Waals surface area contributed by atoms with Gasteiger partial charge in [0.05, 0.1) is 30.3 Å². The van der Waals surface area contributed by atoms with Crippen LogP contribution in [0, 0.1) is 25.6 Å². The number of anilines is 1. The van der Waals surface area contributed by atoms with E-state index in [0.29, 0.717) is 18.4 Å². The van der Waals surface area contributed by atoms with Crippen molar-refractivity contribution in [2.45, 2.75) is 39.2 Å². The van der Waals surface area contributed by atoms with Gasteiger partial charge in [0.1, 0.15) is 23.3 Å². The first-order valence-electron chi connectivity index (χ1n) is 12.7. The Morgan fingerprint density at radius 2 is 1.72 bits per heavy atom. The van der Waals surface area contributed by atoms with Crippen LogP contribution in [0.5, 0.6) is 0 Å². The summed E-state index contributed by atoms with van der Waals surface area (Å²) in [6.45, 7) is 3.78. The zero-order chi connectivity index (χ0) is 28.0. The molecule has 1 fully saturated rings. The molecule has 11 nitrogen and oxygen atoms in total. The van der Waals surface area contributed by atoms with Crippen LogP contribution in [-0.4, -0.2) is 62.3 Å². The summed E-state index contributed by atoms with van der Waals surface area (Å²) in [6.07, 6.45) is -0.182. The first kappa shape index (κ1) is 26.3. The van der Waals surface area contributed by atoms with Crippen molar-refractivity contribution in [2.24, 2.45) is 20.0 Å². The Kier molecular flexibility index (Phi) is 6.79. The lowest BCUT2D eigenvalue weighted by Crippen LogP contribution is -2.35. The Labute approximate surface area is 223 Å². The number of halogens is 1. The number of carbonyl (C=O) groups is 4. The Hall–Kier alpha value is -4.35. The third-order valence-electron chi connectivity index (χ3n) is 7.36. The van der Waals surface area contributed by atoms with Gasteiger partial charge in [0, 0.05) is 25.5 Å². The molecule has 2 amide bonds. The molecule has 3 aromatic rings. The molecule has 1 aromatic carbocycles. The summed E-state index contributed by atoms with van der Waals surface area (Å²) < 4.78 is 24.0. The molecule has 12 heteroatoms. The zero-order valence-corrected chi connectivity index (χ0v) is 22.2. The quantitative estimate of drug-likeness (QED) is 0.291. The second-order valence-electron chi connectivity index (χ2n) is 10.1. The van der Waals surface area contributed by atoms with Crippen LogP contribution in [0.3, 0.4) is 0 Å². The first-order valence-corrected chi connectivity index (χ1v) is 12.7. The highest BCUT2D eigenvalue weighted by Crippen LogP contribution is 2.33. The van der Waals surface area contributed by atoms with E-state index >= 15 is 4.39 Å². The summed E-state index contributed by atoms with van der Waals surface area (Å²) in [5, 5.41) is 11.0. The second-order valence-corrected chi connectivity index (χ2v) is 10.1. The molecule has 0 bridgehead atoms. The van der Waals surface area contributed by atoms with E-state index in [9.17, 15) is 19.2 Å². The van der Waals surface area contributed by atoms with Gasteiger partial charge in [0.25, 0.3) is 5.91 Å². The molecular weight excluding hydrogens is 507 g/mol. The topological polar surface area (TPSA) is 128 Å². The molecule has 0 radical (unpaired) electrons. The van der Waals surface area contributed by atoms with E-state index in [4.69, 9.17) is 4.74 Å². The number of aromatic nitrogens is 4. The molecule has 2 aliphatic rings. The molecule has 0 unspecified atom stereocenters. The van der Waals surface area contributed by atoms with Crippen molar-refractivity contribution in [1.82, 2.24) is 24.9 Å². The number of nitrogens with one attached hydrogen (secondary N) is 1. The van der Waals surface area contributed by atoms with Gasteiger partial charge in [-0.3, -0.25) is 28.6 Å². The normalized spacial score (nSPS) is 19.1. The Balaban J connectivity index is 1.31. The number of ether oxygens (including phenoxy) is 1. The maximum atomic E-state index is 15.4. The average Bonchev–Trinajstić information content (AvgIpc) is 3.51. The molecule has 0 saturated carbocycles. The van der Waals surface area contributed by atoms with Crippen molar-refractivity contribution < 1.29 is 28.3 Å². The molecule has 0 spiro atoms. The maximum Gasteiger partial charge on any atom is 0.414 e. The number of rotatable bonds is 6. The zero-order valence-electron chi connectivity index (χ0n) is 22.2. The molecule has 204 valence electrons. The predicted octanol–water partition coefficient (Wildman–Crippen LogP) is 2.68. The number of aryl methyl sites for hydroxylation is 5. The Bertz CT molecular complexity index is 1470. The maximum absolute atomic E-state index is 15.4. The number of hydrogen-bond donors (Lipinski definition) is 1. The number of fused-ring (bicyclic) bond motifs is 1. The average molecular weight is 537 g/mol. The van der Waals surface area contributed by atoms with E-state index < -0.39 is 41.4 Å². The molecule has 1 aliphatic carbocycles. The summed E-state index contributed by atoms with van der Waals surface area (Å²) in [5.41, 5.74) is 2.61. The highest BCUT2D eigenvalue weighted by molar-refractivity contribution is 6.16. The highest BCUT2D eigenvalue weighted by atomic mass is 19.1. The molecule has 1 aliphatic heterocycles. The smallest absolute Gasteiger partial charge is 0.414 e. The fourth-order valence-corrected chi connectivity index (χ4v) is 5.00. The fraction of sp³-hybridized carbons (Fsp3) is 0.407. The number of nitrogens with zero attached hydrogens (tertiary/aromatic N) is 5. The van der Waals surface area contributed by atoms with Crippen LogP contribution < -0.4 is 10.2 Å². The minimum atomic E-state index is -1.02. The molecule has 2 aromatic heterocycles. The number of Topliss-reactive ketones (excluding diaryl/α,β-unsaturated/α-hetero) is 2. The number of cyclic esters (lactones) is 1. The summed E-state index contributed by atoms with van der Waals surface area (Å²) in [7, 11) is 3.44. The molecule has 5 rings (SSSR count). The van der Waals surface area contributed by atoms with Crippen LogP contribution in [0.25, 0.3) is 0 Å². The van der Waals surface area contributed by atoms with Crippen molar-refractivity contribution in [1.29, 1.82) is 0 Å². The predicted molar refractivity (Wildman–Crippen MR) is 137 cm³/mol. The van der Waals surface area contributed by atoms with E-state index in [-0.39, 0.29) is 42.1 Å². The van der Waals surface area contributed by atoms with Crippen molar-refractivity contribution in [3.05, 3.63) is 64.0 Å². The summed E-state index contributed by atoms with van der Waals surface area (Å²) >= 11 is 0. The van der Waals surface area contributed by atoms with Crippen molar-refractivity contribution >= 4 is 29.3 Å². The third kappa shape index (κ3) is 4.93. The second kappa shape index (κ2) is 10.1. The van der Waals surface area contributed by atoms with Crippen LogP contribution in [0.4, 0.5) is 14.9 Å². The van der Waals surface area contributed by atoms with Gasteiger partial charge in [-0.2, -0.15) is 10.2 Å². The summed E-state index contributed by atoms with van der Waals surface area (Å²) in [6, 6.07) is 5.99. The van der Waals surface area contributed by atoms with E-state index in [2.05, 4.69) is 15.5 Å². The molecule has 3 heterocycles. The lowest BCUT2D eigenvalue weighted by Gasteiger charge is -2.17. The SMILES string of the molecule is Cc1cc(C(=O)NC[C@H]2CN(c3cc(F)c4c(c3)CCC[C@@H](C(=O)c3cc(C)n(C)n3)C4=O)C(=O)O2)nn1C. The Morgan fingerprint density at radius 3 is 2.36 bits per heavy atom. The van der Waals surface area contributed by atoms with Crippen LogP contribution in [0.15, 0.2) is 24.3 Å². The van der Waals surface area contributed by atoms with Gasteiger partial charge < -0.3 is 10.1 Å². The standard InChI is InChI=1S/C27H29FN6O5/c1-14-8-21(30-32(14)3)24(35)19-7-5-6-16-10-17(11-20(28)23(16)25(19)36)34-13-18(39-27(34)38)12-29-26(37)22-9-15(2)33(4)31-22/h8-11,18-19H,5-7,12-13H2,1-4H3,(H,29,37)/t18-,19-/m0/s1. The van der Waals surface area contributed by atoms with Gasteiger partial charge >= 0.3 is 6.09 Å². The number of carbonyl (C=O) groups excluding carboxylic acids is 4. The number of benzene rings is 1. The minimum absolute atomic E-state index is 0.0550. The molecular formula is C27H29FN6O5. The van der Waals surface area contributed by atoms with Crippen molar-refractivity contribution in [3.63, 3.8) is 0 Å². The monoisotopic (exact) mass is 536 g/mol. The van der Waals surface area contributed by atoms with Gasteiger partial charge in [0.2, 0.25) is 0 Å². The minimum Gasteiger partial charge on any atom is -0.442 e. The fourth-order valence-electron chi connectivity index (χ4n) is 5.00. The van der Waals surface area contributed by atoms with Crippen LogP contribution in [-0.2, 0) is 25.3 Å². The number of amides is 2. The van der Waals surface area contributed by atoms with E-state index in [1.165, 1.54) is 4.90 Å². The van der Waals surface area contributed by atoms with Gasteiger partial charge in [0.15, 0.2) is 11.6 Å². The van der Waals surface area contributed by atoms with Crippen molar-refractivity contribution in [2.75, 3.05) is 18.0 Å². The molecule has 39 heavy (non-hydrogen) atoms. The van der Waals surface area contributed by atoms with Gasteiger partial charge in [-0.25, -0.2) is 9.18 Å². The molecule has 1 saturated heterocycles. The van der Waals surface area contributed by atoms with E-state index in [0.717, 1.165) is 17.5 Å². The van der Waals surface area contributed by atoms with E-state index in [1.807, 2.05) is 6.92 Å². The number of hydrogen-bond acceptors (Lipinski definition) is 7. The van der Waals surface area contributed by atoms with Crippen molar-refractivity contribution in [3.8, 4) is 0 Å². The lowest BCUT2D eigenvalue weighted by molar-refractivity contribution is 0.0795.